The molecule has 2 N–H and O–H groups in total. The van der Waals surface area contributed by atoms with E-state index in [0.29, 0.717) is 11.0 Å². The minimum atomic E-state index is -0.269. The number of carbonyl (C=O) groups is 1. The number of nitrogens with one attached hydrogen (secondary N) is 2. The van der Waals surface area contributed by atoms with Gasteiger partial charge in [0.25, 0.3) is 0 Å². The van der Waals surface area contributed by atoms with E-state index in [-0.39, 0.29) is 23.0 Å². The standard InChI is InChI=1S/C16H19FN4OS/c1-16(2,3)19-14(22)10-23-15-18-13(20-21-15)9-6-11-4-7-12(17)8-5-11/h4-9H,10H2,1-3H3,(H,19,22)(H,18,20,21). The zero-order valence-electron chi connectivity index (χ0n) is 13.3. The van der Waals surface area contributed by atoms with Crippen LogP contribution in [-0.4, -0.2) is 32.4 Å². The van der Waals surface area contributed by atoms with Crippen molar-refractivity contribution < 1.29 is 9.18 Å². The number of benzene rings is 1. The van der Waals surface area contributed by atoms with E-state index in [0.717, 1.165) is 5.56 Å². The third-order valence-electron chi connectivity index (χ3n) is 2.63. The summed E-state index contributed by atoms with van der Waals surface area (Å²) in [5.74, 6) is 0.508. The fourth-order valence-corrected chi connectivity index (χ4v) is 2.34. The number of halogens is 1. The Balaban J connectivity index is 1.88. The molecule has 0 spiro atoms. The highest BCUT2D eigenvalue weighted by atomic mass is 32.2. The maximum atomic E-state index is 12.8. The first-order valence-electron chi connectivity index (χ1n) is 7.12. The number of nitrogens with zero attached hydrogens (tertiary/aromatic N) is 2. The van der Waals surface area contributed by atoms with Gasteiger partial charge in [-0.3, -0.25) is 9.89 Å². The van der Waals surface area contributed by atoms with Crippen LogP contribution in [0.25, 0.3) is 12.2 Å². The molecule has 0 bridgehead atoms. The molecule has 0 fully saturated rings. The smallest absolute Gasteiger partial charge is 0.230 e. The van der Waals surface area contributed by atoms with Crippen molar-refractivity contribution in [2.45, 2.75) is 31.5 Å². The molecule has 1 heterocycles. The van der Waals surface area contributed by atoms with Crippen molar-refractivity contribution in [3.05, 3.63) is 41.5 Å². The number of amides is 1. The van der Waals surface area contributed by atoms with Crippen molar-refractivity contribution in [3.63, 3.8) is 0 Å². The summed E-state index contributed by atoms with van der Waals surface area (Å²) < 4.78 is 12.8. The van der Waals surface area contributed by atoms with Crippen molar-refractivity contribution in [2.24, 2.45) is 0 Å². The molecule has 0 aliphatic rings. The summed E-state index contributed by atoms with van der Waals surface area (Å²) in [4.78, 5) is 16.0. The summed E-state index contributed by atoms with van der Waals surface area (Å²) in [6, 6.07) is 6.15. The SMILES string of the molecule is CC(C)(C)NC(=O)CSc1n[nH]c(C=Cc2ccc(F)cc2)n1. The molecule has 1 aromatic carbocycles. The number of carbonyl (C=O) groups excluding carboxylic acids is 1. The molecule has 0 aliphatic heterocycles. The van der Waals surface area contributed by atoms with Gasteiger partial charge in [-0.25, -0.2) is 9.37 Å². The Kier molecular flexibility index (Phi) is 5.54. The zero-order chi connectivity index (χ0) is 16.9. The van der Waals surface area contributed by atoms with Crippen LogP contribution >= 0.6 is 11.8 Å². The molecule has 0 aliphatic carbocycles. The number of aromatic nitrogens is 3. The lowest BCUT2D eigenvalue weighted by atomic mass is 10.1. The average Bonchev–Trinajstić information content (AvgIpc) is 2.91. The van der Waals surface area contributed by atoms with E-state index < -0.39 is 0 Å². The Morgan fingerprint density at radius 3 is 2.65 bits per heavy atom. The van der Waals surface area contributed by atoms with E-state index in [4.69, 9.17) is 0 Å². The first kappa shape index (κ1) is 17.2. The highest BCUT2D eigenvalue weighted by Gasteiger charge is 2.14. The van der Waals surface area contributed by atoms with E-state index in [1.165, 1.54) is 23.9 Å². The Hall–Kier alpha value is -2.15. The highest BCUT2D eigenvalue weighted by molar-refractivity contribution is 7.99. The second kappa shape index (κ2) is 7.41. The first-order chi connectivity index (χ1) is 10.8. The summed E-state index contributed by atoms with van der Waals surface area (Å²) >= 11 is 1.26. The lowest BCUT2D eigenvalue weighted by Crippen LogP contribution is -2.41. The van der Waals surface area contributed by atoms with Crippen LogP contribution in [0.1, 0.15) is 32.2 Å². The Labute approximate surface area is 138 Å². The van der Waals surface area contributed by atoms with Crippen molar-refractivity contribution in [1.29, 1.82) is 0 Å². The maximum Gasteiger partial charge on any atom is 0.230 e. The van der Waals surface area contributed by atoms with Crippen LogP contribution in [0.4, 0.5) is 4.39 Å². The van der Waals surface area contributed by atoms with Crippen molar-refractivity contribution >= 4 is 29.8 Å². The van der Waals surface area contributed by atoms with Gasteiger partial charge in [0.1, 0.15) is 11.6 Å². The van der Waals surface area contributed by atoms with E-state index in [1.807, 2.05) is 20.8 Å². The topological polar surface area (TPSA) is 70.7 Å². The minimum Gasteiger partial charge on any atom is -0.351 e. The second-order valence-corrected chi connectivity index (χ2v) is 6.92. The predicted molar refractivity (Wildman–Crippen MR) is 90.3 cm³/mol. The van der Waals surface area contributed by atoms with Crippen molar-refractivity contribution in [3.8, 4) is 0 Å². The van der Waals surface area contributed by atoms with Crippen molar-refractivity contribution in [2.75, 3.05) is 5.75 Å². The Morgan fingerprint density at radius 2 is 2.00 bits per heavy atom. The van der Waals surface area contributed by atoms with Crippen LogP contribution in [0.15, 0.2) is 29.4 Å². The highest BCUT2D eigenvalue weighted by Crippen LogP contribution is 2.14. The lowest BCUT2D eigenvalue weighted by molar-refractivity contribution is -0.119. The molecule has 1 amide bonds. The van der Waals surface area contributed by atoms with E-state index >= 15 is 0 Å². The number of rotatable bonds is 5. The summed E-state index contributed by atoms with van der Waals surface area (Å²) in [5.41, 5.74) is 0.612. The average molecular weight is 334 g/mol. The molecule has 23 heavy (non-hydrogen) atoms. The summed E-state index contributed by atoms with van der Waals surface area (Å²) in [6.07, 6.45) is 3.56. The zero-order valence-corrected chi connectivity index (χ0v) is 14.1. The molecule has 1 aromatic heterocycles. The summed E-state index contributed by atoms with van der Waals surface area (Å²) in [6.45, 7) is 5.79. The van der Waals surface area contributed by atoms with Crippen LogP contribution in [0.2, 0.25) is 0 Å². The molecule has 5 nitrogen and oxygen atoms in total. The van der Waals surface area contributed by atoms with Gasteiger partial charge in [-0.2, -0.15) is 0 Å². The van der Waals surface area contributed by atoms with Crippen LogP contribution in [0.5, 0.6) is 0 Å². The van der Waals surface area contributed by atoms with Crippen LogP contribution < -0.4 is 5.32 Å². The normalized spacial score (nSPS) is 11.8. The van der Waals surface area contributed by atoms with Gasteiger partial charge in [-0.1, -0.05) is 30.0 Å². The maximum absolute atomic E-state index is 12.8. The Bertz CT molecular complexity index is 689. The van der Waals surface area contributed by atoms with E-state index in [2.05, 4.69) is 20.5 Å². The molecular formula is C16H19FN4OS. The number of thioether (sulfide) groups is 1. The van der Waals surface area contributed by atoms with Crippen LogP contribution in [-0.2, 0) is 4.79 Å². The number of hydrogen-bond acceptors (Lipinski definition) is 4. The van der Waals surface area contributed by atoms with Gasteiger partial charge >= 0.3 is 0 Å². The number of hydrogen-bond donors (Lipinski definition) is 2. The third-order valence-corrected chi connectivity index (χ3v) is 3.48. The third kappa shape index (κ3) is 6.23. The second-order valence-electron chi connectivity index (χ2n) is 5.97. The van der Waals surface area contributed by atoms with Gasteiger partial charge < -0.3 is 5.32 Å². The van der Waals surface area contributed by atoms with Crippen LogP contribution in [0.3, 0.4) is 0 Å². The summed E-state index contributed by atoms with van der Waals surface area (Å²) in [7, 11) is 0. The van der Waals surface area contributed by atoms with Gasteiger partial charge in [0.15, 0.2) is 0 Å². The number of H-pyrrole nitrogens is 1. The summed E-state index contributed by atoms with van der Waals surface area (Å²) in [5, 5.41) is 10.2. The molecule has 0 radical (unpaired) electrons. The Morgan fingerprint density at radius 1 is 1.30 bits per heavy atom. The molecule has 122 valence electrons. The molecule has 0 saturated carbocycles. The molecular weight excluding hydrogens is 315 g/mol. The molecule has 0 atom stereocenters. The lowest BCUT2D eigenvalue weighted by Gasteiger charge is -2.19. The molecule has 2 rings (SSSR count). The van der Waals surface area contributed by atoms with Gasteiger partial charge in [0.05, 0.1) is 5.75 Å². The van der Waals surface area contributed by atoms with E-state index in [9.17, 15) is 9.18 Å². The van der Waals surface area contributed by atoms with Gasteiger partial charge in [-0.05, 0) is 44.5 Å². The first-order valence-corrected chi connectivity index (χ1v) is 8.10. The quantitative estimate of drug-likeness (QED) is 0.824. The van der Waals surface area contributed by atoms with Crippen LogP contribution in [0, 0.1) is 5.82 Å². The molecule has 7 heteroatoms. The molecule has 2 aromatic rings. The molecule has 0 unspecified atom stereocenters. The largest absolute Gasteiger partial charge is 0.351 e. The van der Waals surface area contributed by atoms with Gasteiger partial charge in [0.2, 0.25) is 11.1 Å². The fraction of sp³-hybridized carbons (Fsp3) is 0.312. The predicted octanol–water partition coefficient (Wildman–Crippen LogP) is 3.12. The fourth-order valence-electron chi connectivity index (χ4n) is 1.73. The monoisotopic (exact) mass is 334 g/mol. The minimum absolute atomic E-state index is 0.0595. The van der Waals surface area contributed by atoms with Gasteiger partial charge in [-0.15, -0.1) is 5.10 Å². The van der Waals surface area contributed by atoms with E-state index in [1.54, 1.807) is 24.3 Å². The van der Waals surface area contributed by atoms with Gasteiger partial charge in [0, 0.05) is 5.54 Å². The molecule has 0 saturated heterocycles. The number of aromatic amines is 1. The van der Waals surface area contributed by atoms with Crippen molar-refractivity contribution in [1.82, 2.24) is 20.5 Å².